The van der Waals surface area contributed by atoms with E-state index in [-0.39, 0.29) is 0 Å². The third-order valence-corrected chi connectivity index (χ3v) is 3.19. The van der Waals surface area contributed by atoms with Crippen molar-refractivity contribution in [3.05, 3.63) is 65.0 Å². The molecule has 2 rings (SSSR count). The molecule has 0 heterocycles. The van der Waals surface area contributed by atoms with Crippen LogP contribution >= 0.6 is 0 Å². The summed E-state index contributed by atoms with van der Waals surface area (Å²) in [4.78, 5) is 12.1. The lowest BCUT2D eigenvalue weighted by Crippen LogP contribution is -2.21. The number of hydrogen-bond acceptors (Lipinski definition) is 1. The number of hydrogen-bond donors (Lipinski definition) is 1. The van der Waals surface area contributed by atoms with E-state index < -0.39 is 29.0 Å². The maximum atomic E-state index is 13.8. The van der Waals surface area contributed by atoms with Crippen molar-refractivity contribution in [2.75, 3.05) is 5.32 Å². The quantitative estimate of drug-likeness (QED) is 0.821. The Labute approximate surface area is 124 Å². The van der Waals surface area contributed by atoms with Crippen LogP contribution in [0.5, 0.6) is 0 Å². The van der Waals surface area contributed by atoms with Gasteiger partial charge >= 0.3 is 6.18 Å². The van der Waals surface area contributed by atoms with Crippen LogP contribution in [-0.2, 0) is 12.6 Å². The zero-order valence-electron chi connectivity index (χ0n) is 11.7. The summed E-state index contributed by atoms with van der Waals surface area (Å²) in [6.07, 6.45) is -4.22. The first kappa shape index (κ1) is 16.0. The minimum atomic E-state index is -4.81. The molecule has 2 nitrogen and oxygen atoms in total. The fourth-order valence-corrected chi connectivity index (χ4v) is 2.13. The van der Waals surface area contributed by atoms with Gasteiger partial charge in [-0.1, -0.05) is 31.2 Å². The first-order valence-electron chi connectivity index (χ1n) is 6.59. The molecule has 2 aromatic rings. The summed E-state index contributed by atoms with van der Waals surface area (Å²) in [5, 5.41) is 2.35. The van der Waals surface area contributed by atoms with Crippen LogP contribution in [-0.4, -0.2) is 5.91 Å². The van der Waals surface area contributed by atoms with Crippen molar-refractivity contribution in [2.24, 2.45) is 0 Å². The number of halogens is 4. The molecule has 116 valence electrons. The van der Waals surface area contributed by atoms with E-state index in [4.69, 9.17) is 0 Å². The van der Waals surface area contributed by atoms with E-state index in [1.165, 1.54) is 0 Å². The summed E-state index contributed by atoms with van der Waals surface area (Å²) in [6.45, 7) is 1.84. The largest absolute Gasteiger partial charge is 0.417 e. The third kappa shape index (κ3) is 3.27. The number of para-hydroxylation sites is 1. The van der Waals surface area contributed by atoms with Crippen molar-refractivity contribution in [2.45, 2.75) is 19.5 Å². The summed E-state index contributed by atoms with van der Waals surface area (Å²) in [5.74, 6) is -2.33. The minimum Gasteiger partial charge on any atom is -0.322 e. The highest BCUT2D eigenvalue weighted by atomic mass is 19.4. The van der Waals surface area contributed by atoms with Crippen LogP contribution in [0.4, 0.5) is 23.2 Å². The smallest absolute Gasteiger partial charge is 0.322 e. The van der Waals surface area contributed by atoms with Crippen molar-refractivity contribution < 1.29 is 22.4 Å². The number of nitrogens with one attached hydrogen (secondary N) is 1. The molecule has 22 heavy (non-hydrogen) atoms. The lowest BCUT2D eigenvalue weighted by Gasteiger charge is -2.14. The van der Waals surface area contributed by atoms with Crippen molar-refractivity contribution in [1.29, 1.82) is 0 Å². The molecular formula is C16H13F4NO. The van der Waals surface area contributed by atoms with Crippen LogP contribution in [0.15, 0.2) is 42.5 Å². The van der Waals surface area contributed by atoms with Gasteiger partial charge in [0.25, 0.3) is 5.91 Å². The second-order valence-electron chi connectivity index (χ2n) is 4.62. The van der Waals surface area contributed by atoms with Gasteiger partial charge in [-0.2, -0.15) is 13.2 Å². The van der Waals surface area contributed by atoms with E-state index in [0.29, 0.717) is 18.2 Å². The van der Waals surface area contributed by atoms with Crippen molar-refractivity contribution in [3.8, 4) is 0 Å². The first-order valence-corrected chi connectivity index (χ1v) is 6.59. The average Bonchev–Trinajstić information content (AvgIpc) is 2.46. The number of carbonyl (C=O) groups excluding carboxylic acids is 1. The standard InChI is InChI=1S/C16H13F4NO/c1-2-10-6-3-4-9-13(10)21-15(22)14-11(16(18,19)20)7-5-8-12(14)17/h3-9H,2H2,1H3,(H,21,22). The van der Waals surface area contributed by atoms with Gasteiger partial charge in [0.1, 0.15) is 5.82 Å². The molecule has 0 saturated carbocycles. The Hall–Kier alpha value is -2.37. The van der Waals surface area contributed by atoms with Crippen LogP contribution in [0, 0.1) is 5.82 Å². The predicted molar refractivity (Wildman–Crippen MR) is 75.2 cm³/mol. The Bertz CT molecular complexity index is 695. The molecular weight excluding hydrogens is 298 g/mol. The van der Waals surface area contributed by atoms with Gasteiger partial charge in [-0.15, -0.1) is 0 Å². The van der Waals surface area contributed by atoms with Crippen LogP contribution in [0.25, 0.3) is 0 Å². The molecule has 0 radical (unpaired) electrons. The van der Waals surface area contributed by atoms with Gasteiger partial charge in [-0.3, -0.25) is 4.79 Å². The fourth-order valence-electron chi connectivity index (χ4n) is 2.13. The molecule has 0 spiro atoms. The second-order valence-corrected chi connectivity index (χ2v) is 4.62. The van der Waals surface area contributed by atoms with E-state index in [0.717, 1.165) is 17.7 Å². The Morgan fingerprint density at radius 3 is 2.41 bits per heavy atom. The lowest BCUT2D eigenvalue weighted by molar-refractivity contribution is -0.138. The molecule has 0 bridgehead atoms. The molecule has 0 aromatic heterocycles. The number of aryl methyl sites for hydroxylation is 1. The Kier molecular flexibility index (Phi) is 4.49. The van der Waals surface area contributed by atoms with E-state index in [1.807, 2.05) is 6.92 Å². The highest BCUT2D eigenvalue weighted by Crippen LogP contribution is 2.33. The van der Waals surface area contributed by atoms with Gasteiger partial charge in [0.2, 0.25) is 0 Å². The number of benzene rings is 2. The number of rotatable bonds is 3. The average molecular weight is 311 g/mol. The number of amides is 1. The SMILES string of the molecule is CCc1ccccc1NC(=O)c1c(F)cccc1C(F)(F)F. The zero-order valence-corrected chi connectivity index (χ0v) is 11.7. The van der Waals surface area contributed by atoms with Crippen LogP contribution in [0.1, 0.15) is 28.4 Å². The molecule has 6 heteroatoms. The molecule has 2 aromatic carbocycles. The molecule has 0 fully saturated rings. The Balaban J connectivity index is 2.42. The maximum absolute atomic E-state index is 13.8. The molecule has 1 amide bonds. The van der Waals surface area contributed by atoms with Crippen molar-refractivity contribution >= 4 is 11.6 Å². The van der Waals surface area contributed by atoms with E-state index in [1.54, 1.807) is 24.3 Å². The summed E-state index contributed by atoms with van der Waals surface area (Å²) in [5.41, 5.74) is -1.17. The fraction of sp³-hybridized carbons (Fsp3) is 0.188. The van der Waals surface area contributed by atoms with Crippen LogP contribution < -0.4 is 5.32 Å². The van der Waals surface area contributed by atoms with E-state index >= 15 is 0 Å². The summed E-state index contributed by atoms with van der Waals surface area (Å²) in [7, 11) is 0. The molecule has 0 unspecified atom stereocenters. The topological polar surface area (TPSA) is 29.1 Å². The number of anilines is 1. The van der Waals surface area contributed by atoms with Crippen molar-refractivity contribution in [1.82, 2.24) is 0 Å². The second kappa shape index (κ2) is 6.17. The van der Waals surface area contributed by atoms with Crippen LogP contribution in [0.2, 0.25) is 0 Å². The van der Waals surface area contributed by atoms with Gasteiger partial charge in [-0.25, -0.2) is 4.39 Å². The van der Waals surface area contributed by atoms with Crippen molar-refractivity contribution in [3.63, 3.8) is 0 Å². The lowest BCUT2D eigenvalue weighted by atomic mass is 10.0. The molecule has 0 aliphatic carbocycles. The highest BCUT2D eigenvalue weighted by molar-refractivity contribution is 6.06. The minimum absolute atomic E-state index is 0.367. The van der Waals surface area contributed by atoms with E-state index in [9.17, 15) is 22.4 Å². The van der Waals surface area contributed by atoms with Crippen LogP contribution in [0.3, 0.4) is 0 Å². The zero-order chi connectivity index (χ0) is 16.3. The van der Waals surface area contributed by atoms with E-state index in [2.05, 4.69) is 5.32 Å². The molecule has 0 aliphatic heterocycles. The third-order valence-electron chi connectivity index (χ3n) is 3.19. The monoisotopic (exact) mass is 311 g/mol. The first-order chi connectivity index (χ1) is 10.3. The summed E-state index contributed by atoms with van der Waals surface area (Å²) in [6, 6.07) is 9.13. The van der Waals surface area contributed by atoms with Gasteiger partial charge in [0.05, 0.1) is 11.1 Å². The molecule has 0 atom stereocenters. The predicted octanol–water partition coefficient (Wildman–Crippen LogP) is 4.66. The normalized spacial score (nSPS) is 11.3. The highest BCUT2D eigenvalue weighted by Gasteiger charge is 2.36. The maximum Gasteiger partial charge on any atom is 0.417 e. The Morgan fingerprint density at radius 2 is 1.77 bits per heavy atom. The van der Waals surface area contributed by atoms with Gasteiger partial charge < -0.3 is 5.32 Å². The summed E-state index contributed by atoms with van der Waals surface area (Å²) >= 11 is 0. The molecule has 0 saturated heterocycles. The summed E-state index contributed by atoms with van der Waals surface area (Å²) < 4.78 is 52.5. The van der Waals surface area contributed by atoms with Gasteiger partial charge in [-0.05, 0) is 30.2 Å². The number of alkyl halides is 3. The molecule has 0 aliphatic rings. The van der Waals surface area contributed by atoms with Gasteiger partial charge in [0.15, 0.2) is 0 Å². The number of carbonyl (C=O) groups is 1. The Morgan fingerprint density at radius 1 is 1.09 bits per heavy atom. The van der Waals surface area contributed by atoms with Gasteiger partial charge in [0, 0.05) is 5.69 Å². The molecule has 1 N–H and O–H groups in total.